The average molecular weight is 311 g/mol. The molecule has 0 unspecified atom stereocenters. The number of hydrogen-bond acceptors (Lipinski definition) is 3. The zero-order valence-electron chi connectivity index (χ0n) is 13.3. The highest BCUT2D eigenvalue weighted by Gasteiger charge is 2.33. The van der Waals surface area contributed by atoms with Crippen molar-refractivity contribution >= 4 is 11.7 Å². The van der Waals surface area contributed by atoms with Crippen molar-refractivity contribution in [2.45, 2.75) is 44.1 Å². The van der Waals surface area contributed by atoms with Gasteiger partial charge in [0.2, 0.25) is 5.91 Å². The molecule has 1 saturated carbocycles. The van der Waals surface area contributed by atoms with E-state index in [4.69, 9.17) is 4.74 Å². The molecule has 120 valence electrons. The second kappa shape index (κ2) is 5.72. The molecule has 2 heterocycles. The van der Waals surface area contributed by atoms with Gasteiger partial charge in [-0.25, -0.2) is 4.68 Å². The summed E-state index contributed by atoms with van der Waals surface area (Å²) in [7, 11) is 1.67. The minimum absolute atomic E-state index is 0.00468. The van der Waals surface area contributed by atoms with E-state index < -0.39 is 0 Å². The first-order chi connectivity index (χ1) is 11.3. The lowest BCUT2D eigenvalue weighted by atomic mass is 9.87. The Morgan fingerprint density at radius 1 is 1.22 bits per heavy atom. The number of methoxy groups -OCH3 is 1. The first-order valence-electron chi connectivity index (χ1n) is 8.28. The third-order valence-electron chi connectivity index (χ3n) is 5.03. The number of ether oxygens (including phenoxy) is 1. The van der Waals surface area contributed by atoms with Crippen LogP contribution in [0.4, 0.5) is 5.82 Å². The van der Waals surface area contributed by atoms with Crippen molar-refractivity contribution in [1.29, 1.82) is 0 Å². The number of para-hydroxylation sites is 1. The van der Waals surface area contributed by atoms with E-state index in [1.807, 2.05) is 35.1 Å². The molecule has 1 aromatic carbocycles. The first-order valence-corrected chi connectivity index (χ1v) is 8.28. The van der Waals surface area contributed by atoms with Gasteiger partial charge in [-0.2, -0.15) is 5.10 Å². The van der Waals surface area contributed by atoms with Crippen LogP contribution in [0.25, 0.3) is 0 Å². The zero-order chi connectivity index (χ0) is 15.8. The molecule has 0 bridgehead atoms. The lowest BCUT2D eigenvalue weighted by Gasteiger charge is -2.26. The molecule has 2 aromatic rings. The molecule has 0 radical (unpaired) electrons. The highest BCUT2D eigenvalue weighted by Crippen LogP contribution is 2.42. The molecule has 1 amide bonds. The molecule has 1 aliphatic carbocycles. The molecule has 1 aliphatic heterocycles. The molecule has 1 N–H and O–H groups in total. The van der Waals surface area contributed by atoms with Gasteiger partial charge < -0.3 is 10.1 Å². The third-order valence-corrected chi connectivity index (χ3v) is 5.03. The van der Waals surface area contributed by atoms with Crippen molar-refractivity contribution < 1.29 is 9.53 Å². The van der Waals surface area contributed by atoms with Gasteiger partial charge in [0.25, 0.3) is 0 Å². The molecule has 4 rings (SSSR count). The maximum absolute atomic E-state index is 12.3. The lowest BCUT2D eigenvalue weighted by Crippen LogP contribution is -2.25. The molecular formula is C18H21N3O2. The minimum atomic E-state index is 0.00468. The van der Waals surface area contributed by atoms with Crippen molar-refractivity contribution in [2.24, 2.45) is 0 Å². The van der Waals surface area contributed by atoms with Gasteiger partial charge in [0, 0.05) is 23.5 Å². The van der Waals surface area contributed by atoms with Gasteiger partial charge >= 0.3 is 0 Å². The van der Waals surface area contributed by atoms with Crippen molar-refractivity contribution in [3.63, 3.8) is 0 Å². The van der Waals surface area contributed by atoms with Crippen molar-refractivity contribution in [2.75, 3.05) is 12.4 Å². The highest BCUT2D eigenvalue weighted by atomic mass is 16.5. The monoisotopic (exact) mass is 311 g/mol. The van der Waals surface area contributed by atoms with Gasteiger partial charge in [-0.05, 0) is 18.9 Å². The Kier molecular flexibility index (Phi) is 3.56. The summed E-state index contributed by atoms with van der Waals surface area (Å²) in [6.45, 7) is 0. The van der Waals surface area contributed by atoms with E-state index in [0.29, 0.717) is 12.5 Å². The Hall–Kier alpha value is -2.30. The van der Waals surface area contributed by atoms with Gasteiger partial charge in [0.1, 0.15) is 11.6 Å². The molecule has 23 heavy (non-hydrogen) atoms. The predicted molar refractivity (Wildman–Crippen MR) is 87.8 cm³/mol. The zero-order valence-corrected chi connectivity index (χ0v) is 13.3. The summed E-state index contributed by atoms with van der Waals surface area (Å²) >= 11 is 0. The predicted octanol–water partition coefficient (Wildman–Crippen LogP) is 3.48. The van der Waals surface area contributed by atoms with E-state index in [1.54, 1.807) is 7.11 Å². The van der Waals surface area contributed by atoms with E-state index in [1.165, 1.54) is 12.8 Å². The molecule has 1 aromatic heterocycles. The summed E-state index contributed by atoms with van der Waals surface area (Å²) in [5, 5.41) is 7.65. The summed E-state index contributed by atoms with van der Waals surface area (Å²) in [6, 6.07) is 8.34. The molecule has 0 spiro atoms. The topological polar surface area (TPSA) is 56.1 Å². The fourth-order valence-corrected chi connectivity index (χ4v) is 3.90. The molecule has 1 fully saturated rings. The maximum atomic E-state index is 12.3. The van der Waals surface area contributed by atoms with E-state index in [-0.39, 0.29) is 11.8 Å². The summed E-state index contributed by atoms with van der Waals surface area (Å²) in [4.78, 5) is 12.3. The van der Waals surface area contributed by atoms with Crippen molar-refractivity contribution in [3.8, 4) is 5.75 Å². The summed E-state index contributed by atoms with van der Waals surface area (Å²) in [5.41, 5.74) is 2.15. The molecule has 5 heteroatoms. The number of benzene rings is 1. The number of amides is 1. The fourth-order valence-electron chi connectivity index (χ4n) is 3.90. The molecule has 0 saturated heterocycles. The number of anilines is 1. The number of fused-ring (bicyclic) bond motifs is 1. The van der Waals surface area contributed by atoms with Crippen LogP contribution >= 0.6 is 0 Å². The van der Waals surface area contributed by atoms with E-state index in [0.717, 1.165) is 35.5 Å². The maximum Gasteiger partial charge on any atom is 0.226 e. The van der Waals surface area contributed by atoms with Gasteiger partial charge in [-0.3, -0.25) is 4.79 Å². The standard InChI is InChI=1S/C18H21N3O2/c1-23-16-9-5-4-8-13(16)14-10-17(22)20-18-15(14)11-19-21(18)12-6-2-3-7-12/h4-5,8-9,11-12,14H,2-3,6-7,10H2,1H3,(H,20,22)/t14-/m1/s1. The third kappa shape index (κ3) is 2.40. The number of hydrogen-bond donors (Lipinski definition) is 1. The average Bonchev–Trinajstić information content (AvgIpc) is 3.22. The van der Waals surface area contributed by atoms with Crippen LogP contribution in [0.15, 0.2) is 30.5 Å². The van der Waals surface area contributed by atoms with Crippen molar-refractivity contribution in [1.82, 2.24) is 9.78 Å². The van der Waals surface area contributed by atoms with Crippen LogP contribution in [0.5, 0.6) is 5.75 Å². The van der Waals surface area contributed by atoms with Crippen LogP contribution in [-0.4, -0.2) is 22.8 Å². The van der Waals surface area contributed by atoms with Gasteiger partial charge in [-0.15, -0.1) is 0 Å². The number of rotatable bonds is 3. The quantitative estimate of drug-likeness (QED) is 0.944. The Bertz CT molecular complexity index is 732. The van der Waals surface area contributed by atoms with E-state index in [9.17, 15) is 4.79 Å². The molecular weight excluding hydrogens is 290 g/mol. The van der Waals surface area contributed by atoms with Crippen LogP contribution in [0.3, 0.4) is 0 Å². The number of carbonyl (C=O) groups is 1. The van der Waals surface area contributed by atoms with Crippen LogP contribution < -0.4 is 10.1 Å². The Labute approximate surface area is 135 Å². The normalized spacial score (nSPS) is 21.1. The summed E-state index contributed by atoms with van der Waals surface area (Å²) < 4.78 is 7.53. The minimum Gasteiger partial charge on any atom is -0.496 e. The Balaban J connectivity index is 1.78. The summed E-state index contributed by atoms with van der Waals surface area (Å²) in [5.74, 6) is 1.76. The number of nitrogens with zero attached hydrogens (tertiary/aromatic N) is 2. The van der Waals surface area contributed by atoms with Gasteiger partial charge in [0.15, 0.2) is 0 Å². The SMILES string of the molecule is COc1ccccc1[C@H]1CC(=O)Nc2c1cnn2C1CCCC1. The second-order valence-electron chi connectivity index (χ2n) is 6.38. The Morgan fingerprint density at radius 3 is 2.78 bits per heavy atom. The van der Waals surface area contributed by atoms with Crippen LogP contribution in [0, 0.1) is 0 Å². The van der Waals surface area contributed by atoms with Crippen LogP contribution in [0.2, 0.25) is 0 Å². The number of nitrogens with one attached hydrogen (secondary N) is 1. The smallest absolute Gasteiger partial charge is 0.226 e. The number of aromatic nitrogens is 2. The van der Waals surface area contributed by atoms with Crippen LogP contribution in [0.1, 0.15) is 55.2 Å². The van der Waals surface area contributed by atoms with Crippen LogP contribution in [-0.2, 0) is 4.79 Å². The van der Waals surface area contributed by atoms with E-state index in [2.05, 4.69) is 10.4 Å². The molecule has 5 nitrogen and oxygen atoms in total. The summed E-state index contributed by atoms with van der Waals surface area (Å²) in [6.07, 6.45) is 7.12. The highest BCUT2D eigenvalue weighted by molar-refractivity contribution is 5.94. The largest absolute Gasteiger partial charge is 0.496 e. The second-order valence-corrected chi connectivity index (χ2v) is 6.38. The Morgan fingerprint density at radius 2 is 2.00 bits per heavy atom. The fraction of sp³-hybridized carbons (Fsp3) is 0.444. The first kappa shape index (κ1) is 14.3. The van der Waals surface area contributed by atoms with Gasteiger partial charge in [-0.1, -0.05) is 31.0 Å². The lowest BCUT2D eigenvalue weighted by molar-refractivity contribution is -0.116. The molecule has 1 atom stereocenters. The van der Waals surface area contributed by atoms with E-state index >= 15 is 0 Å². The van der Waals surface area contributed by atoms with Gasteiger partial charge in [0.05, 0.1) is 19.3 Å². The molecule has 2 aliphatic rings. The van der Waals surface area contributed by atoms with Crippen molar-refractivity contribution in [3.05, 3.63) is 41.6 Å². The number of carbonyl (C=O) groups excluding carboxylic acids is 1.